The molecule has 0 amide bonds. The molecule has 0 N–H and O–H groups in total. The first-order valence-corrected chi connectivity index (χ1v) is 22.3. The molecule has 5 heteroatoms. The van der Waals surface area contributed by atoms with Crippen LogP contribution < -0.4 is 10.4 Å². The van der Waals surface area contributed by atoms with Crippen molar-refractivity contribution in [2.75, 3.05) is 4.90 Å². The first-order chi connectivity index (χ1) is 29.4. The molecule has 14 rings (SSSR count). The lowest BCUT2D eigenvalue weighted by Gasteiger charge is -2.49. The smallest absolute Gasteiger partial charge is 0.333 e. The molecule has 3 aliphatic carbocycles. The summed E-state index contributed by atoms with van der Waals surface area (Å²) >= 11 is 0. The van der Waals surface area contributed by atoms with Gasteiger partial charge in [0, 0.05) is 55.8 Å². The van der Waals surface area contributed by atoms with Crippen LogP contribution in [0, 0.1) is 12.8 Å². The monoisotopic (exact) mass is 790 g/mol. The number of aromatic nitrogens is 1. The minimum atomic E-state index is -0.116. The third-order valence-corrected chi connectivity index (χ3v) is 16.2. The minimum absolute atomic E-state index is 0.0409. The summed E-state index contributed by atoms with van der Waals surface area (Å²) in [6, 6.07) is 43.3. The maximum absolute atomic E-state index is 7.18. The Hall–Kier alpha value is -6.20. The summed E-state index contributed by atoms with van der Waals surface area (Å²) < 4.78 is 16.8. The summed E-state index contributed by atoms with van der Waals surface area (Å²) in [6.45, 7) is 17.0. The number of rotatable bonds is 1. The molecule has 2 aliphatic heterocycles. The number of furan rings is 2. The molecule has 0 radical (unpaired) electrons. The Balaban J connectivity index is 1.19. The van der Waals surface area contributed by atoms with Gasteiger partial charge in [-0.2, -0.15) is 0 Å². The standard InChI is InChI=1S/C56H47BN2O2/c1-30-27-39-40(55(4,5)26-25-54(39,2)3)29-42(30)58-43-28-37-31-15-8-11-20-38(31)56(6,7)47(37)46-35-18-14-19-36-49(35)59(50-34-17-10-13-22-45(34)61-53(36)50)57(48(43)46)41-24-23-33-32-16-9-12-21-44(32)60-52(33)51(41)58/h8-24,27-29,37,47H,25-26H2,1-7H3. The molecule has 3 aromatic heterocycles. The zero-order chi connectivity index (χ0) is 41.1. The van der Waals surface area contributed by atoms with Gasteiger partial charge in [0.25, 0.3) is 0 Å². The number of allylic oxidation sites excluding steroid dienone is 3. The zero-order valence-electron chi connectivity index (χ0n) is 35.9. The highest BCUT2D eigenvalue weighted by Crippen LogP contribution is 2.64. The average Bonchev–Trinajstić information content (AvgIpc) is 3.98. The molecule has 296 valence electrons. The molecule has 0 spiro atoms. The number of hydrogen-bond donors (Lipinski definition) is 0. The number of hydrogen-bond acceptors (Lipinski definition) is 3. The van der Waals surface area contributed by atoms with E-state index in [9.17, 15) is 0 Å². The number of para-hydroxylation sites is 3. The molecule has 5 aliphatic rings. The van der Waals surface area contributed by atoms with E-state index in [1.165, 1.54) is 84.1 Å². The molecule has 4 nitrogen and oxygen atoms in total. The summed E-state index contributed by atoms with van der Waals surface area (Å²) in [4.78, 5) is 2.67. The van der Waals surface area contributed by atoms with E-state index in [1.807, 2.05) is 0 Å². The van der Waals surface area contributed by atoms with Gasteiger partial charge in [-0.1, -0.05) is 133 Å². The SMILES string of the molecule is Cc1cc2c(cc1N1C3=CC4c5ccccc5C(C)(C)C4C4=C3B(c3ccc5c(oc6ccccc65)c31)n1c3c4cccc3c3oc4ccccc4c31)C(C)(C)CCC2(C)C. The van der Waals surface area contributed by atoms with Gasteiger partial charge in [0.2, 0.25) is 0 Å². The lowest BCUT2D eigenvalue weighted by molar-refractivity contribution is 0.332. The molecular weight excluding hydrogens is 743 g/mol. The van der Waals surface area contributed by atoms with Crippen LogP contribution in [0.1, 0.15) is 93.7 Å². The highest BCUT2D eigenvalue weighted by atomic mass is 16.3. The Morgan fingerprint density at radius 3 is 2.10 bits per heavy atom. The highest BCUT2D eigenvalue weighted by Gasteiger charge is 2.56. The van der Waals surface area contributed by atoms with Gasteiger partial charge >= 0.3 is 6.85 Å². The Morgan fingerprint density at radius 2 is 1.30 bits per heavy atom. The van der Waals surface area contributed by atoms with Crippen molar-refractivity contribution < 1.29 is 8.83 Å². The largest absolute Gasteiger partial charge is 0.454 e. The number of benzene rings is 6. The van der Waals surface area contributed by atoms with Crippen LogP contribution in [-0.4, -0.2) is 11.3 Å². The summed E-state index contributed by atoms with van der Waals surface area (Å²) in [7, 11) is 0. The number of anilines is 2. The van der Waals surface area contributed by atoms with Crippen molar-refractivity contribution in [2.45, 2.75) is 83.5 Å². The Bertz CT molecular complexity index is 3560. The average molecular weight is 791 g/mol. The predicted molar refractivity (Wildman–Crippen MR) is 253 cm³/mol. The van der Waals surface area contributed by atoms with Crippen LogP contribution in [0.15, 0.2) is 141 Å². The van der Waals surface area contributed by atoms with Crippen molar-refractivity contribution in [3.05, 3.63) is 166 Å². The van der Waals surface area contributed by atoms with Gasteiger partial charge in [0.15, 0.2) is 11.2 Å². The maximum Gasteiger partial charge on any atom is 0.333 e. The van der Waals surface area contributed by atoms with Crippen LogP contribution in [0.25, 0.3) is 60.5 Å². The molecule has 0 saturated carbocycles. The second-order valence-corrected chi connectivity index (χ2v) is 20.7. The molecular formula is C56H47BN2O2. The van der Waals surface area contributed by atoms with E-state index in [2.05, 4.69) is 179 Å². The molecule has 6 aromatic carbocycles. The summed E-state index contributed by atoms with van der Waals surface area (Å²) in [5.74, 6) is 0.430. The Labute approximate surface area is 356 Å². The van der Waals surface area contributed by atoms with Gasteiger partial charge in [-0.3, -0.25) is 0 Å². The molecule has 2 unspecified atom stereocenters. The fourth-order valence-electron chi connectivity index (χ4n) is 13.3. The summed E-state index contributed by atoms with van der Waals surface area (Å²) in [5.41, 5.74) is 22.5. The van der Waals surface area contributed by atoms with Crippen LogP contribution in [0.5, 0.6) is 0 Å². The van der Waals surface area contributed by atoms with Gasteiger partial charge in [-0.05, 0) is 111 Å². The van der Waals surface area contributed by atoms with Gasteiger partial charge in [0.1, 0.15) is 11.2 Å². The first-order valence-electron chi connectivity index (χ1n) is 22.3. The lowest BCUT2D eigenvalue weighted by atomic mass is 9.41. The zero-order valence-corrected chi connectivity index (χ0v) is 35.9. The highest BCUT2D eigenvalue weighted by molar-refractivity contribution is 6.85. The Kier molecular flexibility index (Phi) is 6.22. The molecule has 0 saturated heterocycles. The number of aryl methyl sites for hydroxylation is 1. The second kappa shape index (κ2) is 11.0. The molecule has 9 aromatic rings. The normalized spacial score (nSPS) is 21.3. The van der Waals surface area contributed by atoms with E-state index < -0.39 is 0 Å². The van der Waals surface area contributed by atoms with Crippen LogP contribution in [0.2, 0.25) is 0 Å². The quantitative estimate of drug-likeness (QED) is 0.155. The van der Waals surface area contributed by atoms with E-state index in [0.717, 1.165) is 50.6 Å². The van der Waals surface area contributed by atoms with Gasteiger partial charge in [0.05, 0.1) is 11.2 Å². The minimum Gasteiger partial charge on any atom is -0.454 e. The first kappa shape index (κ1) is 34.5. The number of nitrogens with zero attached hydrogens (tertiary/aromatic N) is 2. The van der Waals surface area contributed by atoms with Crippen LogP contribution in [0.4, 0.5) is 11.4 Å². The summed E-state index contributed by atoms with van der Waals surface area (Å²) in [6.07, 6.45) is 5.02. The van der Waals surface area contributed by atoms with Crippen molar-refractivity contribution in [2.24, 2.45) is 5.92 Å². The van der Waals surface area contributed by atoms with Crippen molar-refractivity contribution in [1.29, 1.82) is 0 Å². The van der Waals surface area contributed by atoms with E-state index in [0.29, 0.717) is 0 Å². The van der Waals surface area contributed by atoms with Crippen molar-refractivity contribution >= 4 is 84.2 Å². The van der Waals surface area contributed by atoms with E-state index in [4.69, 9.17) is 8.83 Å². The van der Waals surface area contributed by atoms with Crippen molar-refractivity contribution in [1.82, 2.24) is 4.48 Å². The topological polar surface area (TPSA) is 34.5 Å². The van der Waals surface area contributed by atoms with Gasteiger partial charge in [-0.25, -0.2) is 0 Å². The van der Waals surface area contributed by atoms with E-state index in [-0.39, 0.29) is 34.9 Å². The number of fused-ring (bicyclic) bond motifs is 18. The van der Waals surface area contributed by atoms with Gasteiger partial charge < -0.3 is 18.2 Å². The molecule has 5 heterocycles. The fraction of sp³-hybridized carbons (Fsp3) is 0.250. The molecule has 2 atom stereocenters. The lowest BCUT2D eigenvalue weighted by Crippen LogP contribution is -2.53. The van der Waals surface area contributed by atoms with Crippen LogP contribution in [-0.2, 0) is 16.2 Å². The third-order valence-electron chi connectivity index (χ3n) is 16.2. The summed E-state index contributed by atoms with van der Waals surface area (Å²) in [5, 5.41) is 4.64. The van der Waals surface area contributed by atoms with E-state index in [1.54, 1.807) is 0 Å². The second-order valence-electron chi connectivity index (χ2n) is 20.7. The Morgan fingerprint density at radius 1 is 0.623 bits per heavy atom. The predicted octanol–water partition coefficient (Wildman–Crippen LogP) is 13.9. The van der Waals surface area contributed by atoms with Gasteiger partial charge in [-0.15, -0.1) is 0 Å². The van der Waals surface area contributed by atoms with Crippen LogP contribution in [0.3, 0.4) is 0 Å². The third kappa shape index (κ3) is 4.05. The fourth-order valence-corrected chi connectivity index (χ4v) is 13.3. The maximum atomic E-state index is 7.18. The van der Waals surface area contributed by atoms with E-state index >= 15 is 0 Å². The molecule has 0 bridgehead atoms. The molecule has 0 fully saturated rings. The van der Waals surface area contributed by atoms with Crippen LogP contribution >= 0.6 is 0 Å². The van der Waals surface area contributed by atoms with Crippen molar-refractivity contribution in [3.8, 4) is 0 Å². The van der Waals surface area contributed by atoms with Crippen molar-refractivity contribution in [3.63, 3.8) is 0 Å². The molecule has 61 heavy (non-hydrogen) atoms.